The maximum Gasteiger partial charge on any atom is 0.306 e. The number of carbonyl (C=O) groups excluding carboxylic acids is 1. The molecule has 2 saturated carbocycles. The van der Waals surface area contributed by atoms with Gasteiger partial charge in [-0.3, -0.25) is 9.59 Å². The largest absolute Gasteiger partial charge is 0.481 e. The third-order valence-corrected chi connectivity index (χ3v) is 4.08. The van der Waals surface area contributed by atoms with Crippen LogP contribution < -0.4 is 11.1 Å². The molecule has 4 N–H and O–H groups in total. The van der Waals surface area contributed by atoms with Crippen molar-refractivity contribution in [1.82, 2.24) is 5.32 Å². The molecular weight excluding hydrogens is 220 g/mol. The van der Waals surface area contributed by atoms with Gasteiger partial charge in [-0.15, -0.1) is 0 Å². The Labute approximate surface area is 101 Å². The summed E-state index contributed by atoms with van der Waals surface area (Å²) in [6, 6.07) is 0.0152. The molecule has 0 heterocycles. The lowest BCUT2D eigenvalue weighted by Gasteiger charge is -2.28. The summed E-state index contributed by atoms with van der Waals surface area (Å²) in [6.07, 6.45) is 4.77. The van der Waals surface area contributed by atoms with E-state index in [1.54, 1.807) is 0 Å². The van der Waals surface area contributed by atoms with E-state index in [0.717, 1.165) is 32.1 Å². The molecule has 5 nitrogen and oxygen atoms in total. The molecule has 5 heteroatoms. The first kappa shape index (κ1) is 12.4. The highest BCUT2D eigenvalue weighted by atomic mass is 16.4. The maximum atomic E-state index is 12.0. The maximum absolute atomic E-state index is 12.0. The van der Waals surface area contributed by atoms with Crippen LogP contribution in [-0.4, -0.2) is 29.6 Å². The number of carbonyl (C=O) groups is 2. The molecule has 0 radical (unpaired) electrons. The number of rotatable bonds is 4. The SMILES string of the molecule is NCC1(C(=O)NC2CCCC(C(=O)O)C2)CC1. The van der Waals surface area contributed by atoms with Gasteiger partial charge in [0.1, 0.15) is 0 Å². The second kappa shape index (κ2) is 4.64. The summed E-state index contributed by atoms with van der Waals surface area (Å²) in [5.41, 5.74) is 5.26. The first-order chi connectivity index (χ1) is 8.07. The molecule has 2 atom stereocenters. The van der Waals surface area contributed by atoms with Crippen LogP contribution in [0.3, 0.4) is 0 Å². The molecule has 2 fully saturated rings. The molecule has 2 aliphatic carbocycles. The third-order valence-electron chi connectivity index (χ3n) is 4.08. The summed E-state index contributed by atoms with van der Waals surface area (Å²) in [6.45, 7) is 0.397. The van der Waals surface area contributed by atoms with E-state index < -0.39 is 5.97 Å². The Hall–Kier alpha value is -1.10. The van der Waals surface area contributed by atoms with Crippen LogP contribution in [0.25, 0.3) is 0 Å². The van der Waals surface area contributed by atoms with E-state index in [0.29, 0.717) is 13.0 Å². The Kier molecular flexibility index (Phi) is 3.38. The minimum Gasteiger partial charge on any atom is -0.481 e. The Morgan fingerprint density at radius 2 is 2.06 bits per heavy atom. The van der Waals surface area contributed by atoms with Gasteiger partial charge in [-0.25, -0.2) is 0 Å². The second-order valence-corrected chi connectivity index (χ2v) is 5.36. The minimum atomic E-state index is -0.746. The van der Waals surface area contributed by atoms with Gasteiger partial charge in [-0.1, -0.05) is 6.42 Å². The summed E-state index contributed by atoms with van der Waals surface area (Å²) >= 11 is 0. The summed E-state index contributed by atoms with van der Waals surface area (Å²) in [7, 11) is 0. The fraction of sp³-hybridized carbons (Fsp3) is 0.833. The van der Waals surface area contributed by atoms with E-state index in [1.165, 1.54) is 0 Å². The molecule has 0 aromatic heterocycles. The molecule has 0 spiro atoms. The van der Waals surface area contributed by atoms with Gasteiger partial charge in [0.2, 0.25) is 5.91 Å². The van der Waals surface area contributed by atoms with Gasteiger partial charge in [0.05, 0.1) is 11.3 Å². The van der Waals surface area contributed by atoms with E-state index >= 15 is 0 Å². The molecule has 0 aromatic carbocycles. The van der Waals surface area contributed by atoms with Gasteiger partial charge in [-0.05, 0) is 32.1 Å². The van der Waals surface area contributed by atoms with Crippen LogP contribution in [-0.2, 0) is 9.59 Å². The number of hydrogen-bond acceptors (Lipinski definition) is 3. The van der Waals surface area contributed by atoms with Crippen LogP contribution >= 0.6 is 0 Å². The standard InChI is InChI=1S/C12H20N2O3/c13-7-12(4-5-12)11(17)14-9-3-1-2-8(6-9)10(15)16/h8-9H,1-7,13H2,(H,14,17)(H,15,16). The summed E-state index contributed by atoms with van der Waals surface area (Å²) in [4.78, 5) is 22.9. The van der Waals surface area contributed by atoms with Crippen LogP contribution in [0.2, 0.25) is 0 Å². The number of carboxylic acid groups (broad SMARTS) is 1. The summed E-state index contributed by atoms with van der Waals surface area (Å²) in [5, 5.41) is 12.0. The van der Waals surface area contributed by atoms with Crippen molar-refractivity contribution >= 4 is 11.9 Å². The molecule has 0 aliphatic heterocycles. The molecule has 1 amide bonds. The van der Waals surface area contributed by atoms with Crippen LogP contribution in [0.15, 0.2) is 0 Å². The van der Waals surface area contributed by atoms with Gasteiger partial charge in [0, 0.05) is 12.6 Å². The summed E-state index contributed by atoms with van der Waals surface area (Å²) < 4.78 is 0. The fourth-order valence-electron chi connectivity index (χ4n) is 2.56. The first-order valence-electron chi connectivity index (χ1n) is 6.31. The Balaban J connectivity index is 1.86. The van der Waals surface area contributed by atoms with Crippen molar-refractivity contribution in [3.8, 4) is 0 Å². The molecule has 0 aromatic rings. The van der Waals surface area contributed by atoms with Crippen molar-refractivity contribution in [3.05, 3.63) is 0 Å². The van der Waals surface area contributed by atoms with E-state index in [-0.39, 0.29) is 23.3 Å². The highest BCUT2D eigenvalue weighted by Gasteiger charge is 2.49. The lowest BCUT2D eigenvalue weighted by Crippen LogP contribution is -2.45. The number of aliphatic carboxylic acids is 1. The monoisotopic (exact) mass is 240 g/mol. The third kappa shape index (κ3) is 2.60. The van der Waals surface area contributed by atoms with E-state index in [9.17, 15) is 9.59 Å². The molecule has 0 saturated heterocycles. The Bertz CT molecular complexity index is 326. The molecule has 2 rings (SSSR count). The van der Waals surface area contributed by atoms with Crippen LogP contribution in [0.5, 0.6) is 0 Å². The Morgan fingerprint density at radius 1 is 1.35 bits per heavy atom. The van der Waals surface area contributed by atoms with Crippen molar-refractivity contribution in [2.24, 2.45) is 17.1 Å². The molecule has 96 valence electrons. The van der Waals surface area contributed by atoms with Crippen LogP contribution in [0.1, 0.15) is 38.5 Å². The fourth-order valence-corrected chi connectivity index (χ4v) is 2.56. The zero-order chi connectivity index (χ0) is 12.5. The number of carboxylic acids is 1. The predicted octanol–water partition coefficient (Wildman–Crippen LogP) is 0.485. The minimum absolute atomic E-state index is 0.0152. The smallest absolute Gasteiger partial charge is 0.306 e. The number of hydrogen-bond donors (Lipinski definition) is 3. The Morgan fingerprint density at radius 3 is 2.59 bits per heavy atom. The predicted molar refractivity (Wildman–Crippen MR) is 62.2 cm³/mol. The second-order valence-electron chi connectivity index (χ2n) is 5.36. The van der Waals surface area contributed by atoms with Gasteiger partial charge in [0.15, 0.2) is 0 Å². The van der Waals surface area contributed by atoms with Gasteiger partial charge in [-0.2, -0.15) is 0 Å². The van der Waals surface area contributed by atoms with Crippen molar-refractivity contribution in [3.63, 3.8) is 0 Å². The molecule has 17 heavy (non-hydrogen) atoms. The van der Waals surface area contributed by atoms with E-state index in [4.69, 9.17) is 10.8 Å². The molecule has 2 unspecified atom stereocenters. The van der Waals surface area contributed by atoms with Crippen molar-refractivity contribution in [2.45, 2.75) is 44.6 Å². The number of nitrogens with one attached hydrogen (secondary N) is 1. The van der Waals surface area contributed by atoms with Gasteiger partial charge >= 0.3 is 5.97 Å². The van der Waals surface area contributed by atoms with Crippen LogP contribution in [0.4, 0.5) is 0 Å². The average Bonchev–Trinajstić information content (AvgIpc) is 3.10. The lowest BCUT2D eigenvalue weighted by atomic mass is 9.85. The zero-order valence-corrected chi connectivity index (χ0v) is 9.95. The van der Waals surface area contributed by atoms with Crippen molar-refractivity contribution < 1.29 is 14.7 Å². The lowest BCUT2D eigenvalue weighted by molar-refractivity contribution is -0.143. The topological polar surface area (TPSA) is 92.4 Å². The number of nitrogens with two attached hydrogens (primary N) is 1. The number of amides is 1. The highest BCUT2D eigenvalue weighted by molar-refractivity contribution is 5.85. The van der Waals surface area contributed by atoms with E-state index in [2.05, 4.69) is 5.32 Å². The van der Waals surface area contributed by atoms with Crippen molar-refractivity contribution in [1.29, 1.82) is 0 Å². The van der Waals surface area contributed by atoms with Crippen LogP contribution in [0, 0.1) is 11.3 Å². The van der Waals surface area contributed by atoms with E-state index in [1.807, 2.05) is 0 Å². The van der Waals surface area contributed by atoms with Gasteiger partial charge in [0.25, 0.3) is 0 Å². The zero-order valence-electron chi connectivity index (χ0n) is 9.95. The first-order valence-corrected chi connectivity index (χ1v) is 6.31. The molecule has 0 bridgehead atoms. The molecular formula is C12H20N2O3. The molecule has 2 aliphatic rings. The van der Waals surface area contributed by atoms with Crippen molar-refractivity contribution in [2.75, 3.05) is 6.54 Å². The average molecular weight is 240 g/mol. The summed E-state index contributed by atoms with van der Waals surface area (Å²) in [5.74, 6) is -1.03. The van der Waals surface area contributed by atoms with Gasteiger partial charge < -0.3 is 16.2 Å². The quantitative estimate of drug-likeness (QED) is 0.666. The normalized spacial score (nSPS) is 30.6. The highest BCUT2D eigenvalue weighted by Crippen LogP contribution is 2.45.